The Kier molecular flexibility index (Phi) is 7.27. The lowest BCUT2D eigenvalue weighted by atomic mass is 10.2. The molecule has 1 aliphatic heterocycles. The first-order valence-corrected chi connectivity index (χ1v) is 11.5. The molecule has 2 aromatic carbocycles. The van der Waals surface area contributed by atoms with Gasteiger partial charge in [-0.1, -0.05) is 30.0 Å². The van der Waals surface area contributed by atoms with Crippen LogP contribution in [-0.2, 0) is 4.79 Å². The summed E-state index contributed by atoms with van der Waals surface area (Å²) in [6, 6.07) is 18.9. The summed E-state index contributed by atoms with van der Waals surface area (Å²) in [5, 5.41) is 12.5. The van der Waals surface area contributed by atoms with E-state index < -0.39 is 0 Å². The third-order valence-electron chi connectivity index (χ3n) is 5.28. The lowest BCUT2D eigenvalue weighted by Gasteiger charge is -2.37. The van der Waals surface area contributed by atoms with Gasteiger partial charge in [-0.15, -0.1) is 0 Å². The van der Waals surface area contributed by atoms with Crippen molar-refractivity contribution >= 4 is 34.9 Å². The van der Waals surface area contributed by atoms with E-state index in [2.05, 4.69) is 37.2 Å². The van der Waals surface area contributed by atoms with E-state index in [1.165, 1.54) is 11.8 Å². The Morgan fingerprint density at radius 3 is 2.67 bits per heavy atom. The van der Waals surface area contributed by atoms with Crippen molar-refractivity contribution in [3.63, 3.8) is 0 Å². The fourth-order valence-electron chi connectivity index (χ4n) is 3.65. The molecule has 1 amide bonds. The molecule has 0 spiro atoms. The van der Waals surface area contributed by atoms with Crippen LogP contribution >= 0.6 is 11.8 Å². The number of aromatic nitrogens is 2. The van der Waals surface area contributed by atoms with Crippen LogP contribution in [-0.4, -0.2) is 54.9 Å². The average Bonchev–Trinajstić information content (AvgIpc) is 2.88. The number of benzene rings is 2. The lowest BCUT2D eigenvalue weighted by molar-refractivity contribution is -0.113. The summed E-state index contributed by atoms with van der Waals surface area (Å²) in [5.74, 6) is 1.80. The lowest BCUT2D eigenvalue weighted by Crippen LogP contribution is -2.47. The molecule has 168 valence electrons. The molecule has 0 unspecified atom stereocenters. The number of para-hydroxylation sites is 2. The summed E-state index contributed by atoms with van der Waals surface area (Å²) < 4.78 is 5.50. The van der Waals surface area contributed by atoms with Crippen molar-refractivity contribution in [2.24, 2.45) is 0 Å². The maximum Gasteiger partial charge on any atom is 0.234 e. The summed E-state index contributed by atoms with van der Waals surface area (Å²) in [6.45, 7) is 3.37. The zero-order chi connectivity index (χ0) is 23.0. The van der Waals surface area contributed by atoms with Crippen LogP contribution in [0.25, 0.3) is 0 Å². The molecule has 0 bridgehead atoms. The monoisotopic (exact) mass is 460 g/mol. The third-order valence-corrected chi connectivity index (χ3v) is 6.21. The zero-order valence-electron chi connectivity index (χ0n) is 18.3. The number of nitrogens with one attached hydrogen (secondary N) is 1. The highest BCUT2D eigenvalue weighted by molar-refractivity contribution is 7.99. The van der Waals surface area contributed by atoms with Crippen molar-refractivity contribution in [2.45, 2.75) is 5.03 Å². The molecule has 1 saturated heterocycles. The van der Waals surface area contributed by atoms with Gasteiger partial charge in [-0.05, 0) is 30.3 Å². The molecule has 1 aliphatic rings. The van der Waals surface area contributed by atoms with Gasteiger partial charge in [0.15, 0.2) is 0 Å². The minimum Gasteiger partial charge on any atom is -0.495 e. The van der Waals surface area contributed by atoms with E-state index in [1.807, 2.05) is 24.3 Å². The highest BCUT2D eigenvalue weighted by atomic mass is 32.2. The van der Waals surface area contributed by atoms with Gasteiger partial charge >= 0.3 is 0 Å². The standard InChI is InChI=1S/C24H24N6O2S/c1-32-21-8-3-2-7-20(21)29-9-11-30(12-10-29)22-14-24(27-17-26-22)33-16-23(31)28-19-6-4-5-18(13-19)15-25/h2-8,13-14,17H,9-12,16H2,1H3,(H,28,31). The molecule has 4 rings (SSSR count). The number of methoxy groups -OCH3 is 1. The number of piperazine rings is 1. The quantitative estimate of drug-likeness (QED) is 0.423. The van der Waals surface area contributed by atoms with Gasteiger partial charge in [-0.25, -0.2) is 9.97 Å². The van der Waals surface area contributed by atoms with Crippen LogP contribution in [0.3, 0.4) is 0 Å². The normalized spacial score (nSPS) is 13.3. The van der Waals surface area contributed by atoms with Gasteiger partial charge in [-0.2, -0.15) is 5.26 Å². The Balaban J connectivity index is 1.32. The van der Waals surface area contributed by atoms with Crippen LogP contribution in [0.2, 0.25) is 0 Å². The molecule has 0 radical (unpaired) electrons. The number of nitriles is 1. The van der Waals surface area contributed by atoms with Gasteiger partial charge in [0.2, 0.25) is 5.91 Å². The number of ether oxygens (including phenoxy) is 1. The number of anilines is 3. The van der Waals surface area contributed by atoms with Gasteiger partial charge in [0, 0.05) is 37.9 Å². The first kappa shape index (κ1) is 22.4. The van der Waals surface area contributed by atoms with Crippen molar-refractivity contribution in [1.82, 2.24) is 9.97 Å². The first-order valence-electron chi connectivity index (χ1n) is 10.5. The second-order valence-electron chi connectivity index (χ2n) is 7.39. The molecule has 33 heavy (non-hydrogen) atoms. The average molecular weight is 461 g/mol. The van der Waals surface area contributed by atoms with E-state index in [0.717, 1.165) is 48.5 Å². The smallest absolute Gasteiger partial charge is 0.234 e. The number of amides is 1. The van der Waals surface area contributed by atoms with Gasteiger partial charge < -0.3 is 19.9 Å². The van der Waals surface area contributed by atoms with Crippen LogP contribution in [0.4, 0.5) is 17.2 Å². The van der Waals surface area contributed by atoms with Crippen molar-refractivity contribution in [3.8, 4) is 11.8 Å². The molecule has 2 heterocycles. The largest absolute Gasteiger partial charge is 0.495 e. The number of thioether (sulfide) groups is 1. The highest BCUT2D eigenvalue weighted by Gasteiger charge is 2.21. The summed E-state index contributed by atoms with van der Waals surface area (Å²) in [6.07, 6.45) is 1.54. The molecule has 3 aromatic rings. The molecule has 0 atom stereocenters. The fraction of sp³-hybridized carbons (Fsp3) is 0.250. The number of hydrogen-bond donors (Lipinski definition) is 1. The second-order valence-corrected chi connectivity index (χ2v) is 8.39. The predicted octanol–water partition coefficient (Wildman–Crippen LogP) is 3.41. The third kappa shape index (κ3) is 5.73. The predicted molar refractivity (Wildman–Crippen MR) is 130 cm³/mol. The van der Waals surface area contributed by atoms with Crippen LogP contribution in [0.1, 0.15) is 5.56 Å². The number of hydrogen-bond acceptors (Lipinski definition) is 8. The Labute approximate surface area is 197 Å². The van der Waals surface area contributed by atoms with Crippen molar-refractivity contribution < 1.29 is 9.53 Å². The van der Waals surface area contributed by atoms with Gasteiger partial charge in [0.25, 0.3) is 0 Å². The van der Waals surface area contributed by atoms with E-state index in [1.54, 1.807) is 37.7 Å². The Hall–Kier alpha value is -3.77. The first-order chi connectivity index (χ1) is 16.2. The van der Waals surface area contributed by atoms with Gasteiger partial charge in [0.05, 0.1) is 30.2 Å². The molecular formula is C24H24N6O2S. The molecular weight excluding hydrogens is 436 g/mol. The highest BCUT2D eigenvalue weighted by Crippen LogP contribution is 2.29. The Bertz CT molecular complexity index is 1160. The van der Waals surface area contributed by atoms with Crippen LogP contribution in [0.15, 0.2) is 66.0 Å². The molecule has 9 heteroatoms. The van der Waals surface area contributed by atoms with E-state index in [0.29, 0.717) is 11.3 Å². The summed E-state index contributed by atoms with van der Waals surface area (Å²) in [4.78, 5) is 25.6. The summed E-state index contributed by atoms with van der Waals surface area (Å²) in [5.41, 5.74) is 2.22. The SMILES string of the molecule is COc1ccccc1N1CCN(c2cc(SCC(=O)Nc3cccc(C#N)c3)ncn2)CC1. The molecule has 1 aromatic heterocycles. The van der Waals surface area contributed by atoms with E-state index in [4.69, 9.17) is 10.00 Å². The summed E-state index contributed by atoms with van der Waals surface area (Å²) in [7, 11) is 1.69. The topological polar surface area (TPSA) is 94.4 Å². The number of carbonyl (C=O) groups excluding carboxylic acids is 1. The molecule has 0 aliphatic carbocycles. The number of carbonyl (C=O) groups is 1. The maximum absolute atomic E-state index is 12.3. The van der Waals surface area contributed by atoms with E-state index in [9.17, 15) is 4.79 Å². The minimum absolute atomic E-state index is 0.152. The Morgan fingerprint density at radius 1 is 1.09 bits per heavy atom. The molecule has 8 nitrogen and oxygen atoms in total. The minimum atomic E-state index is -0.152. The van der Waals surface area contributed by atoms with Crippen LogP contribution in [0.5, 0.6) is 5.75 Å². The molecule has 1 fully saturated rings. The maximum atomic E-state index is 12.3. The fourth-order valence-corrected chi connectivity index (χ4v) is 4.31. The number of rotatable bonds is 7. The van der Waals surface area contributed by atoms with Crippen molar-refractivity contribution in [2.75, 3.05) is 54.2 Å². The summed E-state index contributed by atoms with van der Waals surface area (Å²) >= 11 is 1.36. The van der Waals surface area contributed by atoms with E-state index in [-0.39, 0.29) is 11.7 Å². The molecule has 0 saturated carbocycles. The van der Waals surface area contributed by atoms with Crippen molar-refractivity contribution in [3.05, 3.63) is 66.5 Å². The molecule has 1 N–H and O–H groups in total. The van der Waals surface area contributed by atoms with E-state index >= 15 is 0 Å². The zero-order valence-corrected chi connectivity index (χ0v) is 19.1. The van der Waals surface area contributed by atoms with Gasteiger partial charge in [0.1, 0.15) is 22.9 Å². The van der Waals surface area contributed by atoms with Crippen LogP contribution < -0.4 is 19.9 Å². The van der Waals surface area contributed by atoms with Crippen molar-refractivity contribution in [1.29, 1.82) is 5.26 Å². The number of nitrogens with zero attached hydrogens (tertiary/aromatic N) is 5. The van der Waals surface area contributed by atoms with Crippen LogP contribution in [0, 0.1) is 11.3 Å². The van der Waals surface area contributed by atoms with Gasteiger partial charge in [-0.3, -0.25) is 4.79 Å². The second kappa shape index (κ2) is 10.7. The Morgan fingerprint density at radius 2 is 1.88 bits per heavy atom.